The third-order valence-electron chi connectivity index (χ3n) is 2.29. The molecule has 5 heteroatoms. The summed E-state index contributed by atoms with van der Waals surface area (Å²) >= 11 is 0. The number of halogens is 1. The third kappa shape index (κ3) is 4.83. The molecule has 0 saturated carbocycles. The van der Waals surface area contributed by atoms with Crippen LogP contribution in [0.4, 0.5) is 10.1 Å². The second kappa shape index (κ2) is 7.40. The van der Waals surface area contributed by atoms with E-state index in [1.54, 1.807) is 6.07 Å². The van der Waals surface area contributed by atoms with Crippen LogP contribution in [0.3, 0.4) is 0 Å². The van der Waals surface area contributed by atoms with Crippen molar-refractivity contribution in [3.8, 4) is 0 Å². The van der Waals surface area contributed by atoms with E-state index in [2.05, 4.69) is 6.92 Å². The highest BCUT2D eigenvalue weighted by Gasteiger charge is 2.06. The molecule has 17 heavy (non-hydrogen) atoms. The standard InChI is InChI=1S/C12H18FNO2S/c1-2-3-6-16-7-8-17(15)10-4-5-12(14)11(13)9-10/h4-5,9H,2-3,6-8,14H2,1H3. The van der Waals surface area contributed by atoms with Gasteiger partial charge in [0.15, 0.2) is 0 Å². The highest BCUT2D eigenvalue weighted by molar-refractivity contribution is 7.85. The average molecular weight is 259 g/mol. The molecule has 1 atom stereocenters. The maximum atomic E-state index is 13.1. The molecule has 0 aromatic heterocycles. The molecule has 96 valence electrons. The number of nitrogens with two attached hydrogens (primary N) is 1. The fraction of sp³-hybridized carbons (Fsp3) is 0.500. The molecular weight excluding hydrogens is 241 g/mol. The Labute approximate surface area is 104 Å². The van der Waals surface area contributed by atoms with Gasteiger partial charge in [0.25, 0.3) is 0 Å². The Bertz CT molecular complexity index is 385. The fourth-order valence-electron chi connectivity index (χ4n) is 1.25. The summed E-state index contributed by atoms with van der Waals surface area (Å²) in [5.41, 5.74) is 5.42. The van der Waals surface area contributed by atoms with Gasteiger partial charge in [-0.2, -0.15) is 0 Å². The molecule has 0 fully saturated rings. The zero-order valence-corrected chi connectivity index (χ0v) is 10.8. The maximum absolute atomic E-state index is 13.1. The second-order valence-corrected chi connectivity index (χ2v) is 5.27. The number of rotatable bonds is 7. The van der Waals surface area contributed by atoms with Crippen molar-refractivity contribution in [2.75, 3.05) is 24.7 Å². The van der Waals surface area contributed by atoms with E-state index in [1.807, 2.05) is 0 Å². The summed E-state index contributed by atoms with van der Waals surface area (Å²) in [6.07, 6.45) is 2.08. The highest BCUT2D eigenvalue weighted by atomic mass is 32.2. The third-order valence-corrected chi connectivity index (χ3v) is 3.61. The minimum absolute atomic E-state index is 0.0740. The van der Waals surface area contributed by atoms with E-state index in [4.69, 9.17) is 10.5 Å². The lowest BCUT2D eigenvalue weighted by molar-refractivity contribution is 0.146. The van der Waals surface area contributed by atoms with E-state index >= 15 is 0 Å². The number of hydrogen-bond acceptors (Lipinski definition) is 3. The SMILES string of the molecule is CCCCOCCS(=O)c1ccc(N)c(F)c1. The minimum atomic E-state index is -1.23. The molecule has 1 aromatic rings. The summed E-state index contributed by atoms with van der Waals surface area (Å²) in [4.78, 5) is 0.454. The van der Waals surface area contributed by atoms with Gasteiger partial charge in [-0.1, -0.05) is 13.3 Å². The van der Waals surface area contributed by atoms with Crippen molar-refractivity contribution in [1.82, 2.24) is 0 Å². The normalized spacial score (nSPS) is 12.6. The Morgan fingerprint density at radius 3 is 2.82 bits per heavy atom. The van der Waals surface area contributed by atoms with Crippen molar-refractivity contribution >= 4 is 16.5 Å². The molecule has 0 aliphatic rings. The first-order valence-electron chi connectivity index (χ1n) is 5.66. The van der Waals surface area contributed by atoms with Crippen LogP contribution in [0, 0.1) is 5.82 Å². The van der Waals surface area contributed by atoms with Crippen molar-refractivity contribution in [3.05, 3.63) is 24.0 Å². The van der Waals surface area contributed by atoms with E-state index < -0.39 is 16.6 Å². The first kappa shape index (κ1) is 14.1. The Kier molecular flexibility index (Phi) is 6.15. The molecule has 0 heterocycles. The molecule has 3 nitrogen and oxygen atoms in total. The van der Waals surface area contributed by atoms with Gasteiger partial charge >= 0.3 is 0 Å². The molecule has 1 unspecified atom stereocenters. The van der Waals surface area contributed by atoms with Crippen LogP contribution < -0.4 is 5.73 Å². The monoisotopic (exact) mass is 259 g/mol. The molecule has 0 aliphatic carbocycles. The van der Waals surface area contributed by atoms with Crippen LogP contribution in [0.15, 0.2) is 23.1 Å². The number of benzene rings is 1. The van der Waals surface area contributed by atoms with Crippen LogP contribution in [-0.4, -0.2) is 23.2 Å². The summed E-state index contributed by atoms with van der Waals surface area (Å²) in [6, 6.07) is 4.23. The molecule has 0 aliphatic heterocycles. The molecule has 0 bridgehead atoms. The molecule has 1 aromatic carbocycles. The summed E-state index contributed by atoms with van der Waals surface area (Å²) in [7, 11) is -1.23. The van der Waals surface area contributed by atoms with Gasteiger partial charge in [-0.3, -0.25) is 4.21 Å². The molecule has 2 N–H and O–H groups in total. The lowest BCUT2D eigenvalue weighted by Crippen LogP contribution is -2.07. The summed E-state index contributed by atoms with van der Waals surface area (Å²) in [5.74, 6) is -0.143. The van der Waals surface area contributed by atoms with Crippen LogP contribution in [-0.2, 0) is 15.5 Å². The van der Waals surface area contributed by atoms with E-state index in [9.17, 15) is 8.60 Å². The molecule has 1 rings (SSSR count). The Hall–Kier alpha value is -0.940. The number of anilines is 1. The smallest absolute Gasteiger partial charge is 0.147 e. The summed E-state index contributed by atoms with van der Waals surface area (Å²) < 4.78 is 30.2. The van der Waals surface area contributed by atoms with Gasteiger partial charge in [0.2, 0.25) is 0 Å². The predicted octanol–water partition coefficient (Wildman–Crippen LogP) is 2.33. The maximum Gasteiger partial charge on any atom is 0.147 e. The van der Waals surface area contributed by atoms with Crippen LogP contribution in [0.1, 0.15) is 19.8 Å². The Balaban J connectivity index is 2.39. The average Bonchev–Trinajstić information content (AvgIpc) is 2.32. The lowest BCUT2D eigenvalue weighted by atomic mass is 10.3. The van der Waals surface area contributed by atoms with Gasteiger partial charge in [0, 0.05) is 11.5 Å². The zero-order valence-electron chi connectivity index (χ0n) is 9.95. The zero-order chi connectivity index (χ0) is 12.7. The van der Waals surface area contributed by atoms with Gasteiger partial charge in [-0.05, 0) is 24.6 Å². The van der Waals surface area contributed by atoms with Crippen molar-refractivity contribution in [3.63, 3.8) is 0 Å². The molecule has 0 radical (unpaired) electrons. The largest absolute Gasteiger partial charge is 0.396 e. The van der Waals surface area contributed by atoms with Gasteiger partial charge in [0.05, 0.1) is 28.8 Å². The number of unbranched alkanes of at least 4 members (excludes halogenated alkanes) is 1. The van der Waals surface area contributed by atoms with E-state index in [0.29, 0.717) is 23.9 Å². The van der Waals surface area contributed by atoms with Crippen LogP contribution in [0.5, 0.6) is 0 Å². The number of nitrogen functional groups attached to an aromatic ring is 1. The van der Waals surface area contributed by atoms with E-state index in [0.717, 1.165) is 12.8 Å². The van der Waals surface area contributed by atoms with Gasteiger partial charge < -0.3 is 10.5 Å². The van der Waals surface area contributed by atoms with Gasteiger partial charge in [0.1, 0.15) is 5.82 Å². The Morgan fingerprint density at radius 2 is 2.18 bits per heavy atom. The molecular formula is C12H18FNO2S. The van der Waals surface area contributed by atoms with Crippen molar-refractivity contribution in [2.45, 2.75) is 24.7 Å². The summed E-state index contributed by atoms with van der Waals surface area (Å²) in [5, 5.41) is 0. The lowest BCUT2D eigenvalue weighted by Gasteiger charge is -2.05. The Morgan fingerprint density at radius 1 is 1.41 bits per heavy atom. The molecule has 0 amide bonds. The van der Waals surface area contributed by atoms with Crippen LogP contribution >= 0.6 is 0 Å². The fourth-order valence-corrected chi connectivity index (χ4v) is 2.21. The first-order valence-corrected chi connectivity index (χ1v) is 6.98. The number of ether oxygens (including phenoxy) is 1. The van der Waals surface area contributed by atoms with Gasteiger partial charge in [-0.15, -0.1) is 0 Å². The second-order valence-electron chi connectivity index (χ2n) is 3.70. The quantitative estimate of drug-likeness (QED) is 0.604. The van der Waals surface area contributed by atoms with Gasteiger partial charge in [-0.25, -0.2) is 4.39 Å². The molecule has 0 saturated heterocycles. The summed E-state index contributed by atoms with van der Waals surface area (Å²) in [6.45, 7) is 3.20. The minimum Gasteiger partial charge on any atom is -0.396 e. The van der Waals surface area contributed by atoms with Crippen LogP contribution in [0.2, 0.25) is 0 Å². The first-order chi connectivity index (χ1) is 8.15. The number of hydrogen-bond donors (Lipinski definition) is 1. The molecule has 0 spiro atoms. The van der Waals surface area contributed by atoms with E-state index in [1.165, 1.54) is 12.1 Å². The van der Waals surface area contributed by atoms with Crippen LogP contribution in [0.25, 0.3) is 0 Å². The van der Waals surface area contributed by atoms with Crippen molar-refractivity contribution in [1.29, 1.82) is 0 Å². The van der Waals surface area contributed by atoms with Crippen molar-refractivity contribution in [2.24, 2.45) is 0 Å². The topological polar surface area (TPSA) is 52.3 Å². The van der Waals surface area contributed by atoms with E-state index in [-0.39, 0.29) is 5.69 Å². The highest BCUT2D eigenvalue weighted by Crippen LogP contribution is 2.15. The van der Waals surface area contributed by atoms with Crippen molar-refractivity contribution < 1.29 is 13.3 Å². The predicted molar refractivity (Wildman–Crippen MR) is 67.8 cm³/mol.